The number of ether oxygens (including phenoxy) is 1. The Kier molecular flexibility index (Phi) is 4.87. The van der Waals surface area contributed by atoms with Crippen LogP contribution < -0.4 is 4.18 Å². The average molecular weight is 385 g/mol. The lowest BCUT2D eigenvalue weighted by molar-refractivity contribution is 0.0600. The molecule has 0 amide bonds. The number of rotatable bonds is 4. The largest absolute Gasteiger partial charge is 0.465 e. The Balaban J connectivity index is 2.35. The number of methoxy groups -OCH3 is 1. The molecule has 0 aliphatic heterocycles. The van der Waals surface area contributed by atoms with Gasteiger partial charge in [0.15, 0.2) is 0 Å². The summed E-state index contributed by atoms with van der Waals surface area (Å²) in [4.78, 5) is 11.6. The van der Waals surface area contributed by atoms with Crippen LogP contribution in [0.4, 0.5) is 0 Å². The summed E-state index contributed by atoms with van der Waals surface area (Å²) in [5.74, 6) is -0.561. The molecule has 0 aliphatic rings. The van der Waals surface area contributed by atoms with Crippen LogP contribution in [0.15, 0.2) is 51.8 Å². The molecule has 7 heteroatoms. The van der Waals surface area contributed by atoms with Crippen molar-refractivity contribution in [2.45, 2.75) is 11.8 Å². The van der Waals surface area contributed by atoms with Crippen molar-refractivity contribution in [1.29, 1.82) is 0 Å². The van der Waals surface area contributed by atoms with Crippen molar-refractivity contribution in [3.05, 3.63) is 58.1 Å². The van der Waals surface area contributed by atoms with Gasteiger partial charge in [-0.25, -0.2) is 4.79 Å². The molecule has 2 rings (SSSR count). The van der Waals surface area contributed by atoms with E-state index in [4.69, 9.17) is 4.18 Å². The Morgan fingerprint density at radius 3 is 2.32 bits per heavy atom. The van der Waals surface area contributed by atoms with Crippen LogP contribution in [-0.2, 0) is 14.9 Å². The highest BCUT2D eigenvalue weighted by atomic mass is 79.9. The molecule has 5 nitrogen and oxygen atoms in total. The van der Waals surface area contributed by atoms with Crippen LogP contribution in [-0.4, -0.2) is 21.5 Å². The maximum absolute atomic E-state index is 12.2. The summed E-state index contributed by atoms with van der Waals surface area (Å²) in [7, 11) is -2.73. The molecule has 0 unspecified atom stereocenters. The Labute approximate surface area is 137 Å². The highest BCUT2D eigenvalue weighted by Crippen LogP contribution is 2.25. The van der Waals surface area contributed by atoms with Gasteiger partial charge < -0.3 is 8.92 Å². The van der Waals surface area contributed by atoms with Gasteiger partial charge in [0.2, 0.25) is 0 Å². The molecule has 0 fully saturated rings. The van der Waals surface area contributed by atoms with Crippen LogP contribution in [0.3, 0.4) is 0 Å². The second kappa shape index (κ2) is 6.50. The third kappa shape index (κ3) is 3.86. The number of carbonyl (C=O) groups excluding carboxylic acids is 1. The molecule has 0 atom stereocenters. The van der Waals surface area contributed by atoms with E-state index in [-0.39, 0.29) is 16.2 Å². The van der Waals surface area contributed by atoms with Gasteiger partial charge in [-0.3, -0.25) is 0 Å². The fraction of sp³-hybridized carbons (Fsp3) is 0.133. The first-order valence-corrected chi connectivity index (χ1v) is 8.42. The monoisotopic (exact) mass is 384 g/mol. The number of esters is 1. The molecule has 116 valence electrons. The van der Waals surface area contributed by atoms with Crippen LogP contribution >= 0.6 is 15.9 Å². The standard InChI is InChI=1S/C15H13BrO5S/c1-10-3-5-14(6-4-10)22(18,19)21-13-8-11(15(17)20-2)7-12(16)9-13/h3-9H,1-2H3. The normalized spacial score (nSPS) is 11.0. The fourth-order valence-electron chi connectivity index (χ4n) is 1.73. The zero-order valence-electron chi connectivity index (χ0n) is 11.9. The fourth-order valence-corrected chi connectivity index (χ4v) is 3.11. The van der Waals surface area contributed by atoms with Crippen molar-refractivity contribution in [3.63, 3.8) is 0 Å². The number of hydrogen-bond donors (Lipinski definition) is 0. The number of halogens is 1. The maximum Gasteiger partial charge on any atom is 0.339 e. The third-order valence-corrected chi connectivity index (χ3v) is 4.53. The molecule has 0 spiro atoms. The van der Waals surface area contributed by atoms with Crippen LogP contribution in [0.25, 0.3) is 0 Å². The minimum atomic E-state index is -3.97. The van der Waals surface area contributed by atoms with Crippen LogP contribution in [0.1, 0.15) is 15.9 Å². The van der Waals surface area contributed by atoms with Gasteiger partial charge in [-0.15, -0.1) is 0 Å². The van der Waals surface area contributed by atoms with Crippen LogP contribution in [0.2, 0.25) is 0 Å². The quantitative estimate of drug-likeness (QED) is 0.597. The first-order valence-electron chi connectivity index (χ1n) is 6.22. The lowest BCUT2D eigenvalue weighted by Gasteiger charge is -2.09. The maximum atomic E-state index is 12.2. The summed E-state index contributed by atoms with van der Waals surface area (Å²) in [5, 5.41) is 0. The molecular formula is C15H13BrO5S. The van der Waals surface area contributed by atoms with Gasteiger partial charge in [-0.05, 0) is 37.3 Å². The summed E-state index contributed by atoms with van der Waals surface area (Å²) < 4.78 is 34.6. The molecule has 0 heterocycles. The van der Waals surface area contributed by atoms with Crippen LogP contribution in [0.5, 0.6) is 5.75 Å². The van der Waals surface area contributed by atoms with E-state index in [1.165, 1.54) is 37.4 Å². The molecule has 0 saturated carbocycles. The molecule has 2 aromatic carbocycles. The molecule has 0 aromatic heterocycles. The lowest BCUT2D eigenvalue weighted by atomic mass is 10.2. The van der Waals surface area contributed by atoms with E-state index < -0.39 is 16.1 Å². The van der Waals surface area contributed by atoms with E-state index in [1.807, 2.05) is 6.92 Å². The highest BCUT2D eigenvalue weighted by Gasteiger charge is 2.18. The first-order chi connectivity index (χ1) is 10.3. The molecule has 0 bridgehead atoms. The summed E-state index contributed by atoms with van der Waals surface area (Å²) in [6, 6.07) is 10.6. The average Bonchev–Trinajstić information content (AvgIpc) is 2.45. The second-order valence-corrected chi connectivity index (χ2v) is 6.98. The molecule has 0 N–H and O–H groups in total. The van der Waals surface area contributed by atoms with Gasteiger partial charge in [0, 0.05) is 4.47 Å². The molecule has 0 aliphatic carbocycles. The number of hydrogen-bond acceptors (Lipinski definition) is 5. The van der Waals surface area contributed by atoms with Gasteiger partial charge in [-0.1, -0.05) is 33.6 Å². The number of carbonyl (C=O) groups is 1. The first kappa shape index (κ1) is 16.5. The van der Waals surface area contributed by atoms with Crippen molar-refractivity contribution >= 4 is 32.0 Å². The van der Waals surface area contributed by atoms with E-state index in [0.717, 1.165) is 5.56 Å². The van der Waals surface area contributed by atoms with E-state index in [1.54, 1.807) is 12.1 Å². The van der Waals surface area contributed by atoms with Crippen molar-refractivity contribution in [2.24, 2.45) is 0 Å². The number of aryl methyl sites for hydroxylation is 1. The minimum Gasteiger partial charge on any atom is -0.465 e. The van der Waals surface area contributed by atoms with Crippen molar-refractivity contribution < 1.29 is 22.1 Å². The van der Waals surface area contributed by atoms with E-state index >= 15 is 0 Å². The van der Waals surface area contributed by atoms with Crippen molar-refractivity contribution in [2.75, 3.05) is 7.11 Å². The predicted molar refractivity (Wildman–Crippen MR) is 84.5 cm³/mol. The smallest absolute Gasteiger partial charge is 0.339 e. The minimum absolute atomic E-state index is 0.0235. The zero-order chi connectivity index (χ0) is 16.3. The Bertz CT molecular complexity index is 797. The van der Waals surface area contributed by atoms with Gasteiger partial charge in [0.05, 0.1) is 12.7 Å². The summed E-state index contributed by atoms with van der Waals surface area (Å²) in [6.07, 6.45) is 0. The number of benzene rings is 2. The van der Waals surface area contributed by atoms with E-state index in [9.17, 15) is 13.2 Å². The van der Waals surface area contributed by atoms with E-state index in [2.05, 4.69) is 20.7 Å². The van der Waals surface area contributed by atoms with Gasteiger partial charge in [0.1, 0.15) is 10.6 Å². The lowest BCUT2D eigenvalue weighted by Crippen LogP contribution is -2.10. The highest BCUT2D eigenvalue weighted by molar-refractivity contribution is 9.10. The van der Waals surface area contributed by atoms with E-state index in [0.29, 0.717) is 4.47 Å². The summed E-state index contributed by atoms with van der Waals surface area (Å²) in [5.41, 5.74) is 1.13. The molecular weight excluding hydrogens is 372 g/mol. The van der Waals surface area contributed by atoms with Gasteiger partial charge >= 0.3 is 16.1 Å². The van der Waals surface area contributed by atoms with Gasteiger partial charge in [0.25, 0.3) is 0 Å². The summed E-state index contributed by atoms with van der Waals surface area (Å²) >= 11 is 3.20. The zero-order valence-corrected chi connectivity index (χ0v) is 14.3. The Morgan fingerprint density at radius 2 is 1.73 bits per heavy atom. The Hall–Kier alpha value is -1.86. The molecule has 22 heavy (non-hydrogen) atoms. The SMILES string of the molecule is COC(=O)c1cc(Br)cc(OS(=O)(=O)c2ccc(C)cc2)c1. The topological polar surface area (TPSA) is 69.7 Å². The molecule has 0 saturated heterocycles. The second-order valence-electron chi connectivity index (χ2n) is 4.52. The predicted octanol–water partition coefficient (Wildman–Crippen LogP) is 3.31. The van der Waals surface area contributed by atoms with Crippen molar-refractivity contribution in [3.8, 4) is 5.75 Å². The summed E-state index contributed by atoms with van der Waals surface area (Å²) in [6.45, 7) is 1.86. The third-order valence-electron chi connectivity index (χ3n) is 2.81. The molecule has 0 radical (unpaired) electrons. The Morgan fingerprint density at radius 1 is 1.09 bits per heavy atom. The van der Waals surface area contributed by atoms with Crippen LogP contribution in [0, 0.1) is 6.92 Å². The van der Waals surface area contributed by atoms with Crippen molar-refractivity contribution in [1.82, 2.24) is 0 Å². The molecule has 2 aromatic rings. The van der Waals surface area contributed by atoms with Gasteiger partial charge in [-0.2, -0.15) is 8.42 Å².